The number of carbonyl (C=O) groups is 1. The predicted molar refractivity (Wildman–Crippen MR) is 88.2 cm³/mol. The van der Waals surface area contributed by atoms with Gasteiger partial charge in [0.05, 0.1) is 18.4 Å². The van der Waals surface area contributed by atoms with Crippen molar-refractivity contribution < 1.29 is 9.53 Å². The Balaban J connectivity index is 2.03. The van der Waals surface area contributed by atoms with Crippen LogP contribution >= 0.6 is 0 Å². The summed E-state index contributed by atoms with van der Waals surface area (Å²) in [6.45, 7) is 0. The minimum absolute atomic E-state index is 0.337. The third-order valence-electron chi connectivity index (χ3n) is 2.98. The first-order valence-corrected chi connectivity index (χ1v) is 6.66. The minimum atomic E-state index is -0.389. The Hall–Kier alpha value is -3.08. The number of hydrogen-bond acceptors (Lipinski definition) is 5. The molecule has 0 heterocycles. The quantitative estimate of drug-likeness (QED) is 0.449. The fourth-order valence-electron chi connectivity index (χ4n) is 1.88. The highest BCUT2D eigenvalue weighted by Crippen LogP contribution is 2.12. The number of carbonyl (C=O) groups excluding carboxylic acids is 1. The van der Waals surface area contributed by atoms with Gasteiger partial charge in [-0.15, -0.1) is 0 Å². The van der Waals surface area contributed by atoms with E-state index in [-0.39, 0.29) is 5.97 Å². The van der Waals surface area contributed by atoms with E-state index in [0.717, 1.165) is 11.3 Å². The Labute approximate surface area is 128 Å². The number of hydrogen-bond donors (Lipinski definition) is 3. The summed E-state index contributed by atoms with van der Waals surface area (Å²) in [7, 11) is 1.34. The lowest BCUT2D eigenvalue weighted by atomic mass is 10.1. The lowest BCUT2D eigenvalue weighted by Gasteiger charge is -2.04. The van der Waals surface area contributed by atoms with Gasteiger partial charge in [-0.3, -0.25) is 0 Å². The monoisotopic (exact) mass is 295 g/mol. The molecule has 5 nitrogen and oxygen atoms in total. The lowest BCUT2D eigenvalue weighted by Crippen LogP contribution is -2.02. The van der Waals surface area contributed by atoms with Crippen LogP contribution in [0.4, 0.5) is 11.4 Å². The van der Waals surface area contributed by atoms with Crippen LogP contribution in [0.5, 0.6) is 0 Å². The van der Waals surface area contributed by atoms with Gasteiger partial charge in [0.1, 0.15) is 0 Å². The van der Waals surface area contributed by atoms with Crippen LogP contribution in [0, 0.1) is 5.41 Å². The third-order valence-corrected chi connectivity index (χ3v) is 2.98. The number of nitrogen functional groups attached to an aromatic ring is 1. The topological polar surface area (TPSA) is 88.2 Å². The first-order chi connectivity index (χ1) is 10.6. The molecule has 2 rings (SSSR count). The maximum atomic E-state index is 11.5. The highest BCUT2D eigenvalue weighted by atomic mass is 16.5. The number of ether oxygens (including phenoxy) is 1. The molecule has 0 aliphatic carbocycles. The molecule has 5 heteroatoms. The Morgan fingerprint density at radius 2 is 1.91 bits per heavy atom. The second-order valence-corrected chi connectivity index (χ2v) is 4.59. The molecule has 0 atom stereocenters. The van der Waals surface area contributed by atoms with E-state index < -0.39 is 0 Å². The van der Waals surface area contributed by atoms with E-state index in [1.807, 2.05) is 12.1 Å². The molecule has 0 radical (unpaired) electrons. The lowest BCUT2D eigenvalue weighted by molar-refractivity contribution is 0.0601. The van der Waals surface area contributed by atoms with Crippen molar-refractivity contribution >= 4 is 23.1 Å². The molecule has 0 amide bonds. The van der Waals surface area contributed by atoms with Crippen LogP contribution in [0.1, 0.15) is 15.9 Å². The number of nitrogens with two attached hydrogens (primary N) is 1. The largest absolute Gasteiger partial charge is 0.465 e. The van der Waals surface area contributed by atoms with E-state index in [2.05, 4.69) is 10.1 Å². The summed E-state index contributed by atoms with van der Waals surface area (Å²) in [5.41, 5.74) is 8.59. The van der Waals surface area contributed by atoms with Gasteiger partial charge in [-0.2, -0.15) is 0 Å². The first kappa shape index (κ1) is 15.3. The normalized spacial score (nSPS) is 10.4. The molecule has 4 N–H and O–H groups in total. The molecule has 112 valence electrons. The van der Waals surface area contributed by atoms with Crippen LogP contribution in [0.15, 0.2) is 60.8 Å². The molecule has 0 bridgehead atoms. The molecular formula is C17H17N3O2. The Morgan fingerprint density at radius 3 is 2.64 bits per heavy atom. The van der Waals surface area contributed by atoms with Gasteiger partial charge < -0.3 is 21.2 Å². The number of nitrogens with one attached hydrogen (secondary N) is 2. The molecule has 0 saturated heterocycles. The minimum Gasteiger partial charge on any atom is -0.465 e. The average Bonchev–Trinajstić information content (AvgIpc) is 2.54. The zero-order valence-electron chi connectivity index (χ0n) is 12.2. The summed E-state index contributed by atoms with van der Waals surface area (Å²) in [5.74, 6) is -0.389. The van der Waals surface area contributed by atoms with Gasteiger partial charge in [0.15, 0.2) is 0 Å². The second kappa shape index (κ2) is 7.08. The number of methoxy groups -OCH3 is 1. The first-order valence-electron chi connectivity index (χ1n) is 6.66. The molecule has 0 aliphatic rings. The zero-order valence-corrected chi connectivity index (χ0v) is 12.2. The SMILES string of the molecule is COC(=O)c1cccc(N/C=C\C(=N)c2cccc(N)c2)c1. The molecule has 22 heavy (non-hydrogen) atoms. The predicted octanol–water partition coefficient (Wildman–Crippen LogP) is 3.05. The van der Waals surface area contributed by atoms with Crippen molar-refractivity contribution in [2.24, 2.45) is 0 Å². The van der Waals surface area contributed by atoms with Crippen LogP contribution in [-0.4, -0.2) is 18.8 Å². The van der Waals surface area contributed by atoms with Crippen molar-refractivity contribution in [3.05, 3.63) is 71.9 Å². The Morgan fingerprint density at radius 1 is 1.18 bits per heavy atom. The summed E-state index contributed by atoms with van der Waals surface area (Å²) >= 11 is 0. The van der Waals surface area contributed by atoms with Gasteiger partial charge in [-0.25, -0.2) is 4.79 Å². The number of allylic oxidation sites excluding steroid dienone is 1. The van der Waals surface area contributed by atoms with E-state index in [4.69, 9.17) is 11.1 Å². The number of anilines is 2. The molecule has 0 aliphatic heterocycles. The second-order valence-electron chi connectivity index (χ2n) is 4.59. The van der Waals surface area contributed by atoms with Gasteiger partial charge in [0, 0.05) is 23.1 Å². The van der Waals surface area contributed by atoms with E-state index >= 15 is 0 Å². The molecule has 2 aromatic carbocycles. The van der Waals surface area contributed by atoms with Gasteiger partial charge in [0.2, 0.25) is 0 Å². The van der Waals surface area contributed by atoms with Crippen LogP contribution < -0.4 is 11.1 Å². The smallest absolute Gasteiger partial charge is 0.337 e. The summed E-state index contributed by atoms with van der Waals surface area (Å²) in [6, 6.07) is 14.1. The Kier molecular flexibility index (Phi) is 4.93. The molecule has 0 saturated carbocycles. The molecule has 2 aromatic rings. The summed E-state index contributed by atoms with van der Waals surface area (Å²) in [4.78, 5) is 11.5. The van der Waals surface area contributed by atoms with Crippen LogP contribution in [0.3, 0.4) is 0 Å². The zero-order chi connectivity index (χ0) is 15.9. The number of benzene rings is 2. The Bertz CT molecular complexity index is 723. The fraction of sp³-hybridized carbons (Fsp3) is 0.0588. The van der Waals surface area contributed by atoms with Crippen molar-refractivity contribution in [2.45, 2.75) is 0 Å². The molecule has 0 spiro atoms. The van der Waals surface area contributed by atoms with Gasteiger partial charge in [-0.05, 0) is 36.4 Å². The van der Waals surface area contributed by atoms with Crippen LogP contribution in [-0.2, 0) is 4.74 Å². The number of rotatable bonds is 5. The van der Waals surface area contributed by atoms with Crippen molar-refractivity contribution in [3.63, 3.8) is 0 Å². The molecule has 0 fully saturated rings. The highest BCUT2D eigenvalue weighted by Gasteiger charge is 2.04. The van der Waals surface area contributed by atoms with E-state index in [9.17, 15) is 4.79 Å². The van der Waals surface area contributed by atoms with Crippen LogP contribution in [0.25, 0.3) is 0 Å². The molecular weight excluding hydrogens is 278 g/mol. The van der Waals surface area contributed by atoms with Crippen LogP contribution in [0.2, 0.25) is 0 Å². The highest BCUT2D eigenvalue weighted by molar-refractivity contribution is 6.07. The molecule has 0 aromatic heterocycles. The maximum Gasteiger partial charge on any atom is 0.337 e. The summed E-state index contributed by atoms with van der Waals surface area (Å²) < 4.78 is 4.67. The van der Waals surface area contributed by atoms with Crippen molar-refractivity contribution in [1.82, 2.24) is 0 Å². The van der Waals surface area contributed by atoms with Gasteiger partial charge in [-0.1, -0.05) is 18.2 Å². The van der Waals surface area contributed by atoms with Crippen molar-refractivity contribution in [2.75, 3.05) is 18.2 Å². The van der Waals surface area contributed by atoms with Crippen molar-refractivity contribution in [1.29, 1.82) is 5.41 Å². The molecule has 0 unspecified atom stereocenters. The average molecular weight is 295 g/mol. The van der Waals surface area contributed by atoms with Crippen molar-refractivity contribution in [3.8, 4) is 0 Å². The van der Waals surface area contributed by atoms with Gasteiger partial charge in [0.25, 0.3) is 0 Å². The summed E-state index contributed by atoms with van der Waals surface area (Å²) in [6.07, 6.45) is 3.27. The van der Waals surface area contributed by atoms with E-state index in [1.165, 1.54) is 7.11 Å². The van der Waals surface area contributed by atoms with E-state index in [1.54, 1.807) is 48.7 Å². The maximum absolute atomic E-state index is 11.5. The summed E-state index contributed by atoms with van der Waals surface area (Å²) in [5, 5.41) is 11.0. The third kappa shape index (κ3) is 3.96. The fourth-order valence-corrected chi connectivity index (χ4v) is 1.88. The standard InChI is InChI=1S/C17H17N3O2/c1-22-17(21)13-5-3-7-15(11-13)20-9-8-16(19)12-4-2-6-14(18)10-12/h2-11,19-20H,18H2,1H3/b9-8-,19-16?. The number of esters is 1. The van der Waals surface area contributed by atoms with E-state index in [0.29, 0.717) is 17.0 Å². The van der Waals surface area contributed by atoms with Gasteiger partial charge >= 0.3 is 5.97 Å².